The summed E-state index contributed by atoms with van der Waals surface area (Å²) < 4.78 is 0. The minimum absolute atomic E-state index is 0.0248. The van der Waals surface area contributed by atoms with E-state index in [1.807, 2.05) is 31.3 Å². The van der Waals surface area contributed by atoms with Crippen molar-refractivity contribution in [3.05, 3.63) is 64.3 Å². The average molecular weight is 390 g/mol. The molecule has 0 saturated heterocycles. The van der Waals surface area contributed by atoms with Crippen LogP contribution in [0.2, 0.25) is 0 Å². The number of nitrogens with zero attached hydrogens (tertiary/aromatic N) is 4. The number of aromatic amines is 2. The fraction of sp³-hybridized carbons (Fsp3) is 0.318. The molecule has 0 aliphatic carbocycles. The average Bonchev–Trinajstić information content (AvgIpc) is 3.19. The third-order valence-corrected chi connectivity index (χ3v) is 5.32. The normalized spacial score (nSPS) is 11.6. The van der Waals surface area contributed by atoms with Gasteiger partial charge in [-0.25, -0.2) is 4.98 Å². The molecule has 0 amide bonds. The number of benzene rings is 1. The molecule has 0 aliphatic rings. The molecule has 7 heteroatoms. The zero-order valence-corrected chi connectivity index (χ0v) is 17.1. The van der Waals surface area contributed by atoms with Gasteiger partial charge in [0.2, 0.25) is 0 Å². The van der Waals surface area contributed by atoms with Gasteiger partial charge in [0.15, 0.2) is 0 Å². The van der Waals surface area contributed by atoms with Crippen molar-refractivity contribution < 1.29 is 0 Å². The zero-order valence-electron chi connectivity index (χ0n) is 17.1. The van der Waals surface area contributed by atoms with Crippen molar-refractivity contribution in [2.75, 3.05) is 32.1 Å². The molecule has 3 aromatic heterocycles. The highest BCUT2D eigenvalue weighted by atomic mass is 16.1. The van der Waals surface area contributed by atoms with Gasteiger partial charge in [-0.3, -0.25) is 9.78 Å². The Hall–Kier alpha value is -3.19. The van der Waals surface area contributed by atoms with Gasteiger partial charge in [0.05, 0.1) is 28.4 Å². The van der Waals surface area contributed by atoms with Gasteiger partial charge in [-0.1, -0.05) is 6.92 Å². The Morgan fingerprint density at radius 3 is 2.69 bits per heavy atom. The molecule has 0 unspecified atom stereocenters. The fourth-order valence-corrected chi connectivity index (χ4v) is 3.52. The SMILES string of the molecule is CCc1cc2ncc(CN(C)CCN(C)c3ccc4nc[nH]c4c3)cc2[nH]c1=O. The molecule has 7 nitrogen and oxygen atoms in total. The van der Waals surface area contributed by atoms with Gasteiger partial charge in [-0.15, -0.1) is 0 Å². The number of nitrogens with one attached hydrogen (secondary N) is 2. The third-order valence-electron chi connectivity index (χ3n) is 5.32. The highest BCUT2D eigenvalue weighted by molar-refractivity contribution is 5.79. The molecule has 3 heterocycles. The van der Waals surface area contributed by atoms with Crippen molar-refractivity contribution in [2.45, 2.75) is 19.9 Å². The molecule has 0 radical (unpaired) electrons. The first kappa shape index (κ1) is 19.1. The molecule has 0 saturated carbocycles. The quantitative estimate of drug-likeness (QED) is 0.507. The summed E-state index contributed by atoms with van der Waals surface area (Å²) in [4.78, 5) is 31.5. The third kappa shape index (κ3) is 4.14. The summed E-state index contributed by atoms with van der Waals surface area (Å²) in [5.74, 6) is 0. The van der Waals surface area contributed by atoms with Gasteiger partial charge >= 0.3 is 0 Å². The molecule has 0 atom stereocenters. The van der Waals surface area contributed by atoms with Crippen molar-refractivity contribution in [3.8, 4) is 0 Å². The number of hydrogen-bond acceptors (Lipinski definition) is 5. The fourth-order valence-electron chi connectivity index (χ4n) is 3.52. The Balaban J connectivity index is 1.39. The number of likely N-dealkylation sites (N-methyl/N-ethyl adjacent to an activating group) is 2. The molecule has 2 N–H and O–H groups in total. The predicted octanol–water partition coefficient (Wildman–Crippen LogP) is 2.93. The number of aromatic nitrogens is 4. The summed E-state index contributed by atoms with van der Waals surface area (Å²) in [6.07, 6.45) is 4.32. The van der Waals surface area contributed by atoms with Crippen LogP contribution in [-0.2, 0) is 13.0 Å². The molecular formula is C22H26N6O. The van der Waals surface area contributed by atoms with Gasteiger partial charge < -0.3 is 19.8 Å². The van der Waals surface area contributed by atoms with E-state index in [1.54, 1.807) is 6.33 Å². The Kier molecular flexibility index (Phi) is 5.31. The Labute approximate surface area is 169 Å². The first-order valence-electron chi connectivity index (χ1n) is 9.87. The van der Waals surface area contributed by atoms with Crippen LogP contribution >= 0.6 is 0 Å². The van der Waals surface area contributed by atoms with Crippen molar-refractivity contribution in [3.63, 3.8) is 0 Å². The largest absolute Gasteiger partial charge is 0.373 e. The van der Waals surface area contributed by atoms with Crippen LogP contribution in [0, 0.1) is 0 Å². The van der Waals surface area contributed by atoms with E-state index in [2.05, 4.69) is 56.0 Å². The molecule has 4 rings (SSSR count). The Bertz CT molecular complexity index is 1190. The first-order chi connectivity index (χ1) is 14.0. The number of anilines is 1. The minimum atomic E-state index is -0.0248. The monoisotopic (exact) mass is 390 g/mol. The maximum atomic E-state index is 12.1. The van der Waals surface area contributed by atoms with Crippen LogP contribution in [0.15, 0.2) is 47.7 Å². The lowest BCUT2D eigenvalue weighted by atomic mass is 10.1. The van der Waals surface area contributed by atoms with E-state index >= 15 is 0 Å². The number of H-pyrrole nitrogens is 2. The molecule has 4 aromatic rings. The van der Waals surface area contributed by atoms with Crippen LogP contribution in [0.1, 0.15) is 18.1 Å². The lowest BCUT2D eigenvalue weighted by Gasteiger charge is -2.23. The van der Waals surface area contributed by atoms with Crippen LogP contribution in [0.5, 0.6) is 0 Å². The zero-order chi connectivity index (χ0) is 20.4. The maximum Gasteiger partial charge on any atom is 0.251 e. The van der Waals surface area contributed by atoms with Gasteiger partial charge in [-0.05, 0) is 49.4 Å². The topological polar surface area (TPSA) is 80.9 Å². The van der Waals surface area contributed by atoms with E-state index in [0.29, 0.717) is 6.42 Å². The summed E-state index contributed by atoms with van der Waals surface area (Å²) in [7, 11) is 4.19. The number of pyridine rings is 2. The summed E-state index contributed by atoms with van der Waals surface area (Å²) in [5.41, 5.74) is 6.64. The first-order valence-corrected chi connectivity index (χ1v) is 9.87. The van der Waals surface area contributed by atoms with Crippen molar-refractivity contribution in [1.29, 1.82) is 0 Å². The van der Waals surface area contributed by atoms with Crippen molar-refractivity contribution >= 4 is 27.8 Å². The summed E-state index contributed by atoms with van der Waals surface area (Å²) >= 11 is 0. The molecule has 0 aliphatic heterocycles. The number of rotatable bonds is 7. The molecule has 29 heavy (non-hydrogen) atoms. The lowest BCUT2D eigenvalue weighted by molar-refractivity contribution is 0.334. The van der Waals surface area contributed by atoms with E-state index in [1.165, 1.54) is 0 Å². The van der Waals surface area contributed by atoms with E-state index in [0.717, 1.165) is 58.5 Å². The van der Waals surface area contributed by atoms with Crippen LogP contribution in [-0.4, -0.2) is 52.0 Å². The van der Waals surface area contributed by atoms with Gasteiger partial charge in [0, 0.05) is 44.1 Å². The summed E-state index contributed by atoms with van der Waals surface area (Å²) in [5, 5.41) is 0. The van der Waals surface area contributed by atoms with Gasteiger partial charge in [0.25, 0.3) is 5.56 Å². The smallest absolute Gasteiger partial charge is 0.251 e. The Morgan fingerprint density at radius 1 is 1.00 bits per heavy atom. The van der Waals surface area contributed by atoms with Crippen LogP contribution < -0.4 is 10.5 Å². The van der Waals surface area contributed by atoms with E-state index < -0.39 is 0 Å². The summed E-state index contributed by atoms with van der Waals surface area (Å²) in [6.45, 7) is 4.55. The van der Waals surface area contributed by atoms with Crippen LogP contribution in [0.3, 0.4) is 0 Å². The molecule has 1 aromatic carbocycles. The number of fused-ring (bicyclic) bond motifs is 2. The number of aryl methyl sites for hydroxylation is 1. The lowest BCUT2D eigenvalue weighted by Crippen LogP contribution is -2.30. The van der Waals surface area contributed by atoms with E-state index in [4.69, 9.17) is 0 Å². The van der Waals surface area contributed by atoms with Crippen LogP contribution in [0.25, 0.3) is 22.1 Å². The second-order valence-corrected chi connectivity index (χ2v) is 7.52. The summed E-state index contributed by atoms with van der Waals surface area (Å²) in [6, 6.07) is 10.2. The number of imidazole rings is 1. The van der Waals surface area contributed by atoms with Crippen molar-refractivity contribution in [2.24, 2.45) is 0 Å². The predicted molar refractivity (Wildman–Crippen MR) is 117 cm³/mol. The van der Waals surface area contributed by atoms with Crippen LogP contribution in [0.4, 0.5) is 5.69 Å². The van der Waals surface area contributed by atoms with E-state index in [-0.39, 0.29) is 5.56 Å². The second kappa shape index (κ2) is 8.05. The molecule has 0 spiro atoms. The van der Waals surface area contributed by atoms with Gasteiger partial charge in [0.1, 0.15) is 0 Å². The second-order valence-electron chi connectivity index (χ2n) is 7.52. The molecule has 150 valence electrons. The number of hydrogen-bond donors (Lipinski definition) is 2. The standard InChI is InChI=1S/C22H26N6O/c1-4-16-10-19-21(26-22(16)29)9-15(12-23-19)13-27(2)7-8-28(3)17-5-6-18-20(11-17)25-14-24-18/h5-6,9-12,14H,4,7-8,13H2,1-3H3,(H,24,25)(H,26,29). The molecular weight excluding hydrogens is 364 g/mol. The highest BCUT2D eigenvalue weighted by Crippen LogP contribution is 2.19. The minimum Gasteiger partial charge on any atom is -0.373 e. The molecule has 0 fully saturated rings. The van der Waals surface area contributed by atoms with E-state index in [9.17, 15) is 4.79 Å². The van der Waals surface area contributed by atoms with Gasteiger partial charge in [-0.2, -0.15) is 0 Å². The van der Waals surface area contributed by atoms with Crippen molar-refractivity contribution in [1.82, 2.24) is 24.8 Å². The highest BCUT2D eigenvalue weighted by Gasteiger charge is 2.08. The maximum absolute atomic E-state index is 12.1. The molecule has 0 bridgehead atoms. The Morgan fingerprint density at radius 2 is 1.86 bits per heavy atom.